The molecule has 1 heterocycles. The molecule has 0 aliphatic carbocycles. The minimum absolute atomic E-state index is 0.129. The minimum atomic E-state index is -0.888. The second-order valence-electron chi connectivity index (χ2n) is 8.57. The monoisotopic (exact) mass is 467 g/mol. The molecule has 0 radical (unpaired) electrons. The Hall–Kier alpha value is -3.13. The fourth-order valence-electron chi connectivity index (χ4n) is 4.38. The highest BCUT2D eigenvalue weighted by Gasteiger charge is 2.30. The molecule has 1 aliphatic heterocycles. The van der Waals surface area contributed by atoms with Gasteiger partial charge in [-0.05, 0) is 72.3 Å². The van der Waals surface area contributed by atoms with Gasteiger partial charge in [0.2, 0.25) is 11.8 Å². The number of carbonyl (C=O) groups excluding carboxylic acids is 3. The standard InChI is InChI=1S/C25H33N3O4Si/c1-5-19-14(2)12-20(23(33)15(19)3)27-25(31)22(16-6-8-18(32-4)9-7-16)28-24(30)17-10-11-26-21(29)13-17/h6-9,12,17,22H,5,10-11,13H2,1-4,33H3,(H,26,29)(H,27,31)(H,28,30). The van der Waals surface area contributed by atoms with Gasteiger partial charge in [0.25, 0.3) is 5.91 Å². The first-order valence-electron chi connectivity index (χ1n) is 11.4. The van der Waals surface area contributed by atoms with Gasteiger partial charge in [0.15, 0.2) is 0 Å². The summed E-state index contributed by atoms with van der Waals surface area (Å²) in [7, 11) is 2.36. The maximum atomic E-state index is 13.5. The van der Waals surface area contributed by atoms with Gasteiger partial charge in [-0.3, -0.25) is 14.4 Å². The van der Waals surface area contributed by atoms with Crippen LogP contribution in [0, 0.1) is 19.8 Å². The Bertz CT molecular complexity index is 1050. The molecule has 2 aromatic carbocycles. The van der Waals surface area contributed by atoms with E-state index in [-0.39, 0.29) is 24.1 Å². The van der Waals surface area contributed by atoms with Crippen LogP contribution in [0.25, 0.3) is 0 Å². The zero-order valence-corrected chi connectivity index (χ0v) is 22.0. The van der Waals surface area contributed by atoms with Gasteiger partial charge < -0.3 is 20.7 Å². The Kier molecular flexibility index (Phi) is 7.91. The third-order valence-electron chi connectivity index (χ3n) is 6.48. The summed E-state index contributed by atoms with van der Waals surface area (Å²) in [5, 5.41) is 9.84. The molecule has 1 fully saturated rings. The molecule has 176 valence electrons. The lowest BCUT2D eigenvalue weighted by molar-refractivity contribution is -0.134. The predicted octanol–water partition coefficient (Wildman–Crippen LogP) is 1.19. The largest absolute Gasteiger partial charge is 0.497 e. The van der Waals surface area contributed by atoms with Gasteiger partial charge >= 0.3 is 0 Å². The number of methoxy groups -OCH3 is 1. The van der Waals surface area contributed by atoms with Crippen molar-refractivity contribution in [2.24, 2.45) is 5.92 Å². The van der Waals surface area contributed by atoms with Crippen molar-refractivity contribution < 1.29 is 19.1 Å². The molecule has 1 saturated heterocycles. The summed E-state index contributed by atoms with van der Waals surface area (Å²) in [5.74, 6) is -0.532. The van der Waals surface area contributed by atoms with Crippen molar-refractivity contribution in [3.8, 4) is 5.75 Å². The van der Waals surface area contributed by atoms with Gasteiger partial charge in [-0.2, -0.15) is 0 Å². The molecule has 3 rings (SSSR count). The van der Waals surface area contributed by atoms with E-state index in [1.807, 2.05) is 6.07 Å². The Morgan fingerprint density at radius 1 is 1.24 bits per heavy atom. The van der Waals surface area contributed by atoms with Crippen molar-refractivity contribution >= 4 is 38.8 Å². The lowest BCUT2D eigenvalue weighted by atomic mass is 9.95. The number of anilines is 1. The van der Waals surface area contributed by atoms with Crippen LogP contribution in [0.2, 0.25) is 0 Å². The number of piperidine rings is 1. The predicted molar refractivity (Wildman–Crippen MR) is 133 cm³/mol. The van der Waals surface area contributed by atoms with Crippen LogP contribution in [-0.2, 0) is 20.8 Å². The van der Waals surface area contributed by atoms with E-state index in [2.05, 4.69) is 36.7 Å². The van der Waals surface area contributed by atoms with Crippen LogP contribution in [0.3, 0.4) is 0 Å². The highest BCUT2D eigenvalue weighted by Crippen LogP contribution is 2.23. The first kappa shape index (κ1) is 24.5. The molecule has 0 spiro atoms. The molecule has 8 heteroatoms. The van der Waals surface area contributed by atoms with E-state index in [1.165, 1.54) is 11.1 Å². The van der Waals surface area contributed by atoms with Crippen LogP contribution in [0.1, 0.15) is 48.1 Å². The van der Waals surface area contributed by atoms with Gasteiger partial charge in [0.1, 0.15) is 11.8 Å². The molecule has 7 nitrogen and oxygen atoms in total. The highest BCUT2D eigenvalue weighted by molar-refractivity contribution is 6.37. The van der Waals surface area contributed by atoms with Crippen molar-refractivity contribution in [2.45, 2.75) is 46.1 Å². The van der Waals surface area contributed by atoms with E-state index in [4.69, 9.17) is 4.74 Å². The Morgan fingerprint density at radius 3 is 2.55 bits per heavy atom. The van der Waals surface area contributed by atoms with Crippen molar-refractivity contribution in [2.75, 3.05) is 19.0 Å². The minimum Gasteiger partial charge on any atom is -0.497 e. The molecule has 2 atom stereocenters. The molecule has 3 amide bonds. The fraction of sp³-hybridized carbons (Fsp3) is 0.400. The average Bonchev–Trinajstić information content (AvgIpc) is 2.81. The zero-order valence-electron chi connectivity index (χ0n) is 20.0. The molecule has 0 aromatic heterocycles. The summed E-state index contributed by atoms with van der Waals surface area (Å²) >= 11 is 0. The Labute approximate surface area is 198 Å². The van der Waals surface area contributed by atoms with E-state index < -0.39 is 12.0 Å². The summed E-state index contributed by atoms with van der Waals surface area (Å²) in [6.45, 7) is 6.75. The second-order valence-corrected chi connectivity index (χ2v) is 9.57. The first-order chi connectivity index (χ1) is 15.7. The van der Waals surface area contributed by atoms with Crippen molar-refractivity contribution in [3.63, 3.8) is 0 Å². The van der Waals surface area contributed by atoms with Gasteiger partial charge in [-0.1, -0.05) is 19.1 Å². The molecule has 1 aliphatic rings. The van der Waals surface area contributed by atoms with Gasteiger partial charge in [-0.15, -0.1) is 0 Å². The number of nitrogens with one attached hydrogen (secondary N) is 3. The molecule has 2 unspecified atom stereocenters. The molecule has 0 bridgehead atoms. The molecule has 33 heavy (non-hydrogen) atoms. The quantitative estimate of drug-likeness (QED) is 0.533. The van der Waals surface area contributed by atoms with Crippen molar-refractivity contribution in [1.29, 1.82) is 0 Å². The van der Waals surface area contributed by atoms with Crippen LogP contribution >= 0.6 is 0 Å². The lowest BCUT2D eigenvalue weighted by Gasteiger charge is -2.25. The number of hydrogen-bond donors (Lipinski definition) is 3. The summed E-state index contributed by atoms with van der Waals surface area (Å²) in [6, 6.07) is 8.20. The van der Waals surface area contributed by atoms with E-state index in [0.29, 0.717) is 24.3 Å². The SMILES string of the molecule is CCc1c(C)cc(NC(=O)C(NC(=O)C2CCNC(=O)C2)c2ccc(OC)cc2)c([SiH3])c1C. The molecule has 0 saturated carbocycles. The number of aryl methyl sites for hydroxylation is 1. The summed E-state index contributed by atoms with van der Waals surface area (Å²) in [4.78, 5) is 38.2. The third-order valence-corrected chi connectivity index (χ3v) is 7.77. The van der Waals surface area contributed by atoms with E-state index in [0.717, 1.165) is 33.1 Å². The normalized spacial score (nSPS) is 16.6. The topological polar surface area (TPSA) is 96.5 Å². The molecular formula is C25H33N3O4Si. The molecule has 2 aromatic rings. The van der Waals surface area contributed by atoms with Crippen LogP contribution in [0.5, 0.6) is 5.75 Å². The fourth-order valence-corrected chi connectivity index (χ4v) is 4.95. The van der Waals surface area contributed by atoms with Crippen molar-refractivity contribution in [3.05, 3.63) is 52.6 Å². The van der Waals surface area contributed by atoms with E-state index in [1.54, 1.807) is 31.4 Å². The van der Waals surface area contributed by atoms with E-state index in [9.17, 15) is 14.4 Å². The number of rotatable bonds is 7. The van der Waals surface area contributed by atoms with Gasteiger partial charge in [0.05, 0.1) is 7.11 Å². The first-order valence-corrected chi connectivity index (χ1v) is 12.4. The van der Waals surface area contributed by atoms with Crippen molar-refractivity contribution in [1.82, 2.24) is 10.6 Å². The summed E-state index contributed by atoms with van der Waals surface area (Å²) in [5.41, 5.74) is 5.12. The van der Waals surface area contributed by atoms with Crippen LogP contribution in [0.4, 0.5) is 5.69 Å². The Morgan fingerprint density at radius 2 is 1.94 bits per heavy atom. The number of ether oxygens (including phenoxy) is 1. The number of amides is 3. The third kappa shape index (κ3) is 5.62. The highest BCUT2D eigenvalue weighted by atomic mass is 28.1. The number of hydrogen-bond acceptors (Lipinski definition) is 4. The van der Waals surface area contributed by atoms with Crippen LogP contribution < -0.4 is 25.9 Å². The second kappa shape index (κ2) is 10.7. The maximum Gasteiger partial charge on any atom is 0.251 e. The molecular weight excluding hydrogens is 434 g/mol. The average molecular weight is 468 g/mol. The lowest BCUT2D eigenvalue weighted by Crippen LogP contribution is -2.44. The van der Waals surface area contributed by atoms with E-state index >= 15 is 0 Å². The number of benzene rings is 2. The van der Waals surface area contributed by atoms with Gasteiger partial charge in [0, 0.05) is 34.8 Å². The summed E-state index contributed by atoms with van der Waals surface area (Å²) in [6.07, 6.45) is 1.63. The smallest absolute Gasteiger partial charge is 0.251 e. The number of carbonyl (C=O) groups is 3. The van der Waals surface area contributed by atoms with Crippen LogP contribution in [0.15, 0.2) is 30.3 Å². The molecule has 3 N–H and O–H groups in total. The maximum absolute atomic E-state index is 13.5. The Balaban J connectivity index is 1.89. The van der Waals surface area contributed by atoms with Crippen LogP contribution in [-0.4, -0.2) is 41.6 Å². The van der Waals surface area contributed by atoms with Gasteiger partial charge in [-0.25, -0.2) is 0 Å². The zero-order chi connectivity index (χ0) is 24.1. The summed E-state index contributed by atoms with van der Waals surface area (Å²) < 4.78 is 5.23.